The van der Waals surface area contributed by atoms with Crippen molar-refractivity contribution in [3.63, 3.8) is 0 Å². The van der Waals surface area contributed by atoms with Gasteiger partial charge in [-0.1, -0.05) is 48.7 Å². The molecule has 0 bridgehead atoms. The number of amides is 1. The van der Waals surface area contributed by atoms with Gasteiger partial charge in [-0.25, -0.2) is 0 Å². The molecule has 1 aromatic carbocycles. The first kappa shape index (κ1) is 17.1. The zero-order valence-corrected chi connectivity index (χ0v) is 13.6. The van der Waals surface area contributed by atoms with Gasteiger partial charge in [-0.05, 0) is 24.1 Å². The van der Waals surface area contributed by atoms with Gasteiger partial charge in [0.25, 0.3) is 0 Å². The second-order valence-electron chi connectivity index (χ2n) is 4.83. The van der Waals surface area contributed by atoms with Crippen LogP contribution in [0.15, 0.2) is 28.7 Å². The molecule has 1 unspecified atom stereocenters. The fourth-order valence-corrected chi connectivity index (χ4v) is 2.50. The molecule has 0 radical (unpaired) electrons. The zero-order chi connectivity index (χ0) is 15.0. The number of hydrogen-bond donors (Lipinski definition) is 3. The molecular weight excluding hydrogens is 320 g/mol. The number of carbonyl (C=O) groups is 1. The van der Waals surface area contributed by atoms with Crippen LogP contribution in [0.2, 0.25) is 0 Å². The Hall–Kier alpha value is -0.910. The standard InChI is InChI=1S/C15H23BrN2O2/c1-3-11(4-2)14(19)9-17-10-15(20)18-13-7-5-6-12(16)8-13/h5-8,11,14,17,19H,3-4,9-10H2,1-2H3,(H,18,20). The van der Waals surface area contributed by atoms with Gasteiger partial charge in [-0.2, -0.15) is 0 Å². The molecule has 1 amide bonds. The van der Waals surface area contributed by atoms with E-state index in [0.717, 1.165) is 23.0 Å². The number of rotatable bonds is 8. The molecule has 4 nitrogen and oxygen atoms in total. The highest BCUT2D eigenvalue weighted by Gasteiger charge is 2.15. The van der Waals surface area contributed by atoms with E-state index in [1.807, 2.05) is 24.3 Å². The maximum atomic E-state index is 11.7. The molecule has 1 atom stereocenters. The van der Waals surface area contributed by atoms with Gasteiger partial charge in [-0.15, -0.1) is 0 Å². The van der Waals surface area contributed by atoms with Crippen molar-refractivity contribution in [1.82, 2.24) is 5.32 Å². The van der Waals surface area contributed by atoms with Crippen molar-refractivity contribution in [3.8, 4) is 0 Å². The average Bonchev–Trinajstić information content (AvgIpc) is 2.40. The van der Waals surface area contributed by atoms with E-state index in [1.54, 1.807) is 0 Å². The quantitative estimate of drug-likeness (QED) is 0.680. The van der Waals surface area contributed by atoms with Crippen LogP contribution < -0.4 is 10.6 Å². The van der Waals surface area contributed by atoms with Crippen LogP contribution in [-0.4, -0.2) is 30.2 Å². The topological polar surface area (TPSA) is 61.4 Å². The molecule has 0 aliphatic rings. The third-order valence-corrected chi connectivity index (χ3v) is 3.83. The summed E-state index contributed by atoms with van der Waals surface area (Å²) in [5, 5.41) is 15.7. The first-order valence-corrected chi connectivity index (χ1v) is 7.80. The predicted molar refractivity (Wildman–Crippen MR) is 85.7 cm³/mol. The number of hydrogen-bond acceptors (Lipinski definition) is 3. The van der Waals surface area contributed by atoms with Gasteiger partial charge >= 0.3 is 0 Å². The van der Waals surface area contributed by atoms with E-state index in [1.165, 1.54) is 0 Å². The van der Waals surface area contributed by atoms with Gasteiger partial charge in [-0.3, -0.25) is 4.79 Å². The van der Waals surface area contributed by atoms with E-state index in [9.17, 15) is 9.90 Å². The molecule has 0 fully saturated rings. The Bertz CT molecular complexity index is 422. The van der Waals surface area contributed by atoms with Crippen molar-refractivity contribution in [2.24, 2.45) is 5.92 Å². The lowest BCUT2D eigenvalue weighted by Gasteiger charge is -2.20. The largest absolute Gasteiger partial charge is 0.392 e. The van der Waals surface area contributed by atoms with Gasteiger partial charge in [0, 0.05) is 16.7 Å². The summed E-state index contributed by atoms with van der Waals surface area (Å²) in [5.41, 5.74) is 0.756. The molecule has 20 heavy (non-hydrogen) atoms. The summed E-state index contributed by atoms with van der Waals surface area (Å²) in [7, 11) is 0. The Morgan fingerprint density at radius 1 is 1.35 bits per heavy atom. The molecule has 1 aromatic rings. The van der Waals surface area contributed by atoms with E-state index >= 15 is 0 Å². The van der Waals surface area contributed by atoms with Crippen molar-refractivity contribution in [3.05, 3.63) is 28.7 Å². The summed E-state index contributed by atoms with van der Waals surface area (Å²) < 4.78 is 0.924. The lowest BCUT2D eigenvalue weighted by atomic mass is 9.97. The second kappa shape index (κ2) is 9.10. The SMILES string of the molecule is CCC(CC)C(O)CNCC(=O)Nc1cccc(Br)c1. The van der Waals surface area contributed by atoms with Crippen LogP contribution in [0.25, 0.3) is 0 Å². The van der Waals surface area contributed by atoms with Gasteiger partial charge in [0.15, 0.2) is 0 Å². The number of aliphatic hydroxyl groups excluding tert-OH is 1. The highest BCUT2D eigenvalue weighted by molar-refractivity contribution is 9.10. The van der Waals surface area contributed by atoms with E-state index in [2.05, 4.69) is 40.4 Å². The van der Waals surface area contributed by atoms with Crippen molar-refractivity contribution < 1.29 is 9.90 Å². The van der Waals surface area contributed by atoms with Crippen molar-refractivity contribution in [2.75, 3.05) is 18.4 Å². The molecule has 1 rings (SSSR count). The van der Waals surface area contributed by atoms with Crippen LogP contribution >= 0.6 is 15.9 Å². The number of halogens is 1. The fraction of sp³-hybridized carbons (Fsp3) is 0.533. The molecule has 0 saturated carbocycles. The van der Waals surface area contributed by atoms with Crippen LogP contribution in [0.5, 0.6) is 0 Å². The molecule has 5 heteroatoms. The number of carbonyl (C=O) groups excluding carboxylic acids is 1. The van der Waals surface area contributed by atoms with Gasteiger partial charge in [0.05, 0.1) is 12.6 Å². The monoisotopic (exact) mass is 342 g/mol. The number of nitrogens with one attached hydrogen (secondary N) is 2. The molecule has 3 N–H and O–H groups in total. The summed E-state index contributed by atoms with van der Waals surface area (Å²) in [4.78, 5) is 11.7. The highest BCUT2D eigenvalue weighted by Crippen LogP contribution is 2.15. The minimum absolute atomic E-state index is 0.111. The second-order valence-corrected chi connectivity index (χ2v) is 5.75. The normalized spacial score (nSPS) is 12.4. The van der Waals surface area contributed by atoms with Crippen LogP contribution in [0.1, 0.15) is 26.7 Å². The van der Waals surface area contributed by atoms with Gasteiger partial charge in [0.2, 0.25) is 5.91 Å². The fourth-order valence-electron chi connectivity index (χ4n) is 2.10. The summed E-state index contributed by atoms with van der Waals surface area (Å²) >= 11 is 3.36. The lowest BCUT2D eigenvalue weighted by molar-refractivity contribution is -0.115. The molecule has 0 aliphatic carbocycles. The van der Waals surface area contributed by atoms with Crippen LogP contribution in [-0.2, 0) is 4.79 Å². The maximum Gasteiger partial charge on any atom is 0.238 e. The zero-order valence-electron chi connectivity index (χ0n) is 12.0. The van der Waals surface area contributed by atoms with Crippen LogP contribution in [0, 0.1) is 5.92 Å². The molecule has 112 valence electrons. The van der Waals surface area contributed by atoms with E-state index in [-0.39, 0.29) is 18.4 Å². The minimum Gasteiger partial charge on any atom is -0.392 e. The summed E-state index contributed by atoms with van der Waals surface area (Å²) in [6.07, 6.45) is 1.50. The van der Waals surface area contributed by atoms with E-state index in [0.29, 0.717) is 6.54 Å². The molecular formula is C15H23BrN2O2. The number of aliphatic hydroxyl groups is 1. The Balaban J connectivity index is 2.30. The predicted octanol–water partition coefficient (Wildman–Crippen LogP) is 2.77. The van der Waals surface area contributed by atoms with E-state index < -0.39 is 6.10 Å². The summed E-state index contributed by atoms with van der Waals surface area (Å²) in [6, 6.07) is 7.45. The Kier molecular flexibility index (Phi) is 7.80. The Labute approximate surface area is 129 Å². The van der Waals surface area contributed by atoms with Gasteiger partial charge < -0.3 is 15.7 Å². The van der Waals surface area contributed by atoms with Crippen molar-refractivity contribution in [1.29, 1.82) is 0 Å². The third kappa shape index (κ3) is 6.03. The van der Waals surface area contributed by atoms with Crippen LogP contribution in [0.4, 0.5) is 5.69 Å². The molecule has 0 spiro atoms. The first-order chi connectivity index (χ1) is 9.56. The lowest BCUT2D eigenvalue weighted by Crippen LogP contribution is -2.36. The third-order valence-electron chi connectivity index (χ3n) is 3.34. The number of benzene rings is 1. The summed E-state index contributed by atoms with van der Waals surface area (Å²) in [5.74, 6) is 0.176. The smallest absolute Gasteiger partial charge is 0.238 e. The van der Waals surface area contributed by atoms with Gasteiger partial charge in [0.1, 0.15) is 0 Å². The molecule has 0 aromatic heterocycles. The maximum absolute atomic E-state index is 11.7. The number of anilines is 1. The van der Waals surface area contributed by atoms with E-state index in [4.69, 9.17) is 0 Å². The van der Waals surface area contributed by atoms with Crippen molar-refractivity contribution in [2.45, 2.75) is 32.8 Å². The van der Waals surface area contributed by atoms with Crippen molar-refractivity contribution >= 4 is 27.5 Å². The summed E-state index contributed by atoms with van der Waals surface area (Å²) in [6.45, 7) is 4.77. The molecule has 0 aliphatic heterocycles. The molecule has 0 saturated heterocycles. The van der Waals surface area contributed by atoms with Crippen LogP contribution in [0.3, 0.4) is 0 Å². The minimum atomic E-state index is -0.399. The molecule has 0 heterocycles. The highest BCUT2D eigenvalue weighted by atomic mass is 79.9. The first-order valence-electron chi connectivity index (χ1n) is 7.01. The Morgan fingerprint density at radius 2 is 2.05 bits per heavy atom. The average molecular weight is 343 g/mol. The Morgan fingerprint density at radius 3 is 2.65 bits per heavy atom.